The molecule has 0 aliphatic carbocycles. The predicted molar refractivity (Wildman–Crippen MR) is 74.7 cm³/mol. The second-order valence-electron chi connectivity index (χ2n) is 4.07. The smallest absolute Gasteiger partial charge is 0.127 e. The molecule has 2 heterocycles. The molecular formula is C14H15N3S. The predicted octanol–water partition coefficient (Wildman–Crippen LogP) is 3.50. The lowest BCUT2D eigenvalue weighted by molar-refractivity contribution is 1.06. The van der Waals surface area contributed by atoms with Crippen LogP contribution in [0.2, 0.25) is 0 Å². The minimum atomic E-state index is 0.645. The first-order valence-electron chi connectivity index (χ1n) is 5.91. The summed E-state index contributed by atoms with van der Waals surface area (Å²) >= 11 is 1.75. The van der Waals surface area contributed by atoms with Crippen LogP contribution in [0.15, 0.2) is 23.6 Å². The summed E-state index contributed by atoms with van der Waals surface area (Å²) in [5.74, 6) is 0.766. The summed E-state index contributed by atoms with van der Waals surface area (Å²) < 4.78 is 0. The fourth-order valence-electron chi connectivity index (χ4n) is 1.83. The Hall–Kier alpha value is -1.86. The van der Waals surface area contributed by atoms with Gasteiger partial charge in [-0.05, 0) is 42.5 Å². The van der Waals surface area contributed by atoms with Crippen LogP contribution in [0.4, 0.5) is 5.82 Å². The van der Waals surface area contributed by atoms with Crippen LogP contribution in [-0.2, 0) is 13.0 Å². The molecular weight excluding hydrogens is 242 g/mol. The van der Waals surface area contributed by atoms with Crippen LogP contribution in [-0.4, -0.2) is 4.98 Å². The number of thiophene rings is 1. The second-order valence-corrected chi connectivity index (χ2v) is 5.07. The molecule has 0 unspecified atom stereocenters. The lowest BCUT2D eigenvalue weighted by Gasteiger charge is -2.07. The Morgan fingerprint density at radius 2 is 2.28 bits per heavy atom. The fraction of sp³-hybridized carbons (Fsp3) is 0.286. The summed E-state index contributed by atoms with van der Waals surface area (Å²) in [4.78, 5) is 5.71. The Morgan fingerprint density at radius 1 is 1.44 bits per heavy atom. The number of nitriles is 1. The van der Waals surface area contributed by atoms with Gasteiger partial charge in [0.2, 0.25) is 0 Å². The topological polar surface area (TPSA) is 48.7 Å². The number of pyridine rings is 1. The third kappa shape index (κ3) is 2.88. The number of anilines is 1. The largest absolute Gasteiger partial charge is 0.365 e. The molecule has 2 rings (SSSR count). The zero-order valence-electron chi connectivity index (χ0n) is 10.5. The molecule has 0 saturated heterocycles. The summed E-state index contributed by atoms with van der Waals surface area (Å²) in [7, 11) is 0. The third-order valence-corrected chi connectivity index (χ3v) is 3.69. The first kappa shape index (κ1) is 12.6. The minimum absolute atomic E-state index is 0.645. The quantitative estimate of drug-likeness (QED) is 0.912. The lowest BCUT2D eigenvalue weighted by Crippen LogP contribution is -2.02. The van der Waals surface area contributed by atoms with Crippen molar-refractivity contribution >= 4 is 17.2 Å². The lowest BCUT2D eigenvalue weighted by atomic mass is 10.2. The van der Waals surface area contributed by atoms with E-state index in [4.69, 9.17) is 5.26 Å². The summed E-state index contributed by atoms with van der Waals surface area (Å²) in [6.07, 6.45) is 1.05. The maximum Gasteiger partial charge on any atom is 0.127 e. The molecule has 2 aromatic rings. The van der Waals surface area contributed by atoms with Crippen molar-refractivity contribution < 1.29 is 0 Å². The van der Waals surface area contributed by atoms with Crippen LogP contribution in [0.1, 0.15) is 28.6 Å². The van der Waals surface area contributed by atoms with E-state index in [9.17, 15) is 0 Å². The highest BCUT2D eigenvalue weighted by Crippen LogP contribution is 2.19. The first-order valence-corrected chi connectivity index (χ1v) is 6.78. The van der Waals surface area contributed by atoms with Gasteiger partial charge in [0.05, 0.1) is 18.2 Å². The number of aryl methyl sites for hydroxylation is 2. The Kier molecular flexibility index (Phi) is 3.96. The molecule has 0 aliphatic rings. The van der Waals surface area contributed by atoms with Gasteiger partial charge in [-0.2, -0.15) is 5.26 Å². The molecule has 1 N–H and O–H groups in total. The van der Waals surface area contributed by atoms with Crippen LogP contribution >= 0.6 is 11.3 Å². The Balaban J connectivity index is 2.11. The van der Waals surface area contributed by atoms with Crippen LogP contribution in [0.5, 0.6) is 0 Å². The molecule has 3 nitrogen and oxygen atoms in total. The molecule has 0 spiro atoms. The zero-order valence-corrected chi connectivity index (χ0v) is 11.3. The van der Waals surface area contributed by atoms with Crippen molar-refractivity contribution in [2.24, 2.45) is 0 Å². The molecule has 4 heteroatoms. The normalized spacial score (nSPS) is 10.1. The fourth-order valence-corrected chi connectivity index (χ4v) is 2.75. The number of nitrogens with zero attached hydrogens (tertiary/aromatic N) is 2. The van der Waals surface area contributed by atoms with Crippen molar-refractivity contribution in [3.63, 3.8) is 0 Å². The van der Waals surface area contributed by atoms with E-state index in [1.807, 2.05) is 6.92 Å². The summed E-state index contributed by atoms with van der Waals surface area (Å²) in [5, 5.41) is 14.3. The summed E-state index contributed by atoms with van der Waals surface area (Å²) in [6.45, 7) is 4.82. The highest BCUT2D eigenvalue weighted by Gasteiger charge is 2.04. The molecule has 92 valence electrons. The van der Waals surface area contributed by atoms with Crippen LogP contribution in [0.25, 0.3) is 0 Å². The van der Waals surface area contributed by atoms with Crippen LogP contribution in [0, 0.1) is 18.3 Å². The third-order valence-electron chi connectivity index (χ3n) is 2.73. The van der Waals surface area contributed by atoms with Crippen LogP contribution < -0.4 is 5.32 Å². The number of rotatable bonds is 4. The van der Waals surface area contributed by atoms with Gasteiger partial charge in [0, 0.05) is 10.6 Å². The summed E-state index contributed by atoms with van der Waals surface area (Å²) in [5.41, 5.74) is 2.88. The number of aromatic nitrogens is 1. The van der Waals surface area contributed by atoms with Gasteiger partial charge in [-0.15, -0.1) is 11.3 Å². The average molecular weight is 257 g/mol. The van der Waals surface area contributed by atoms with Crippen molar-refractivity contribution in [2.45, 2.75) is 26.8 Å². The molecule has 2 aromatic heterocycles. The zero-order chi connectivity index (χ0) is 13.0. The van der Waals surface area contributed by atoms with E-state index < -0.39 is 0 Å². The van der Waals surface area contributed by atoms with Gasteiger partial charge < -0.3 is 5.32 Å². The monoisotopic (exact) mass is 257 g/mol. The van der Waals surface area contributed by atoms with E-state index in [2.05, 4.69) is 34.7 Å². The first-order chi connectivity index (χ1) is 8.72. The SMILES string of the molecule is CCc1ccsc1CNc1cc(C#N)cc(C)n1. The van der Waals surface area contributed by atoms with Gasteiger partial charge in [0.15, 0.2) is 0 Å². The summed E-state index contributed by atoms with van der Waals surface area (Å²) in [6, 6.07) is 7.87. The average Bonchev–Trinajstić information content (AvgIpc) is 2.83. The van der Waals surface area contributed by atoms with Gasteiger partial charge in [-0.25, -0.2) is 4.98 Å². The molecule has 0 bridgehead atoms. The Bertz CT molecular complexity index is 581. The molecule has 0 saturated carbocycles. The van der Waals surface area contributed by atoms with Crippen molar-refractivity contribution in [1.82, 2.24) is 4.98 Å². The van der Waals surface area contributed by atoms with E-state index in [1.165, 1.54) is 10.4 Å². The van der Waals surface area contributed by atoms with Crippen LogP contribution in [0.3, 0.4) is 0 Å². The molecule has 0 aromatic carbocycles. The number of hydrogen-bond donors (Lipinski definition) is 1. The Labute approximate surface area is 111 Å². The molecule has 18 heavy (non-hydrogen) atoms. The van der Waals surface area contributed by atoms with Gasteiger partial charge in [0.25, 0.3) is 0 Å². The Morgan fingerprint density at radius 3 is 3.00 bits per heavy atom. The van der Waals surface area contributed by atoms with Gasteiger partial charge in [-0.3, -0.25) is 0 Å². The van der Waals surface area contributed by atoms with E-state index in [-0.39, 0.29) is 0 Å². The maximum absolute atomic E-state index is 8.92. The minimum Gasteiger partial charge on any atom is -0.365 e. The number of hydrogen-bond acceptors (Lipinski definition) is 4. The molecule has 0 radical (unpaired) electrons. The maximum atomic E-state index is 8.92. The highest BCUT2D eigenvalue weighted by molar-refractivity contribution is 7.10. The van der Waals surface area contributed by atoms with Gasteiger partial charge >= 0.3 is 0 Å². The van der Waals surface area contributed by atoms with Crippen molar-refractivity contribution in [1.29, 1.82) is 5.26 Å². The number of nitrogens with one attached hydrogen (secondary N) is 1. The van der Waals surface area contributed by atoms with Gasteiger partial charge in [0.1, 0.15) is 5.82 Å². The second kappa shape index (κ2) is 5.65. The van der Waals surface area contributed by atoms with Crippen molar-refractivity contribution in [3.8, 4) is 6.07 Å². The molecule has 0 aliphatic heterocycles. The van der Waals surface area contributed by atoms with E-state index in [0.717, 1.165) is 24.5 Å². The molecule has 0 atom stereocenters. The molecule has 0 amide bonds. The van der Waals surface area contributed by atoms with Gasteiger partial charge in [-0.1, -0.05) is 6.92 Å². The van der Waals surface area contributed by atoms with E-state index in [0.29, 0.717) is 5.56 Å². The van der Waals surface area contributed by atoms with E-state index >= 15 is 0 Å². The van der Waals surface area contributed by atoms with Crippen molar-refractivity contribution in [3.05, 3.63) is 45.3 Å². The molecule has 0 fully saturated rings. The standard InChI is InChI=1S/C14H15N3S/c1-3-12-4-5-18-13(12)9-16-14-7-11(8-15)6-10(2)17-14/h4-7H,3,9H2,1-2H3,(H,16,17). The van der Waals surface area contributed by atoms with Crippen molar-refractivity contribution in [2.75, 3.05) is 5.32 Å². The highest BCUT2D eigenvalue weighted by atomic mass is 32.1. The van der Waals surface area contributed by atoms with E-state index in [1.54, 1.807) is 23.5 Å².